The molecular formula is C15H16N6O. The van der Waals surface area contributed by atoms with E-state index in [9.17, 15) is 0 Å². The fraction of sp³-hybridized carbons (Fsp3) is 0.200. The Kier molecular flexibility index (Phi) is 3.69. The predicted octanol–water partition coefficient (Wildman–Crippen LogP) is 2.63. The Morgan fingerprint density at radius 3 is 2.27 bits per heavy atom. The number of hydrogen-bond acceptors (Lipinski definition) is 6. The molecule has 2 aromatic heterocycles. The minimum atomic E-state index is 0.427. The quantitative estimate of drug-likeness (QED) is 0.769. The zero-order valence-corrected chi connectivity index (χ0v) is 12.6. The smallest absolute Gasteiger partial charge is 0.249 e. The molecular weight excluding hydrogens is 280 g/mol. The molecule has 112 valence electrons. The molecule has 0 atom stereocenters. The summed E-state index contributed by atoms with van der Waals surface area (Å²) in [5.74, 6) is 2.37. The highest BCUT2D eigenvalue weighted by Gasteiger charge is 2.08. The van der Waals surface area contributed by atoms with Gasteiger partial charge >= 0.3 is 0 Å². The van der Waals surface area contributed by atoms with Crippen LogP contribution in [0.4, 0.5) is 11.9 Å². The highest BCUT2D eigenvalue weighted by molar-refractivity contribution is 5.58. The number of nitrogens with one attached hydrogen (secondary N) is 2. The summed E-state index contributed by atoms with van der Waals surface area (Å²) >= 11 is 0. The summed E-state index contributed by atoms with van der Waals surface area (Å²) in [5.41, 5.74) is 2.70. The molecule has 0 saturated heterocycles. The Hall–Kier alpha value is -2.96. The second kappa shape index (κ2) is 5.80. The van der Waals surface area contributed by atoms with E-state index in [1.54, 1.807) is 7.11 Å². The van der Waals surface area contributed by atoms with Gasteiger partial charge in [0.25, 0.3) is 0 Å². The second-order valence-corrected chi connectivity index (χ2v) is 4.84. The van der Waals surface area contributed by atoms with Gasteiger partial charge < -0.3 is 4.74 Å². The van der Waals surface area contributed by atoms with Crippen LogP contribution in [0.3, 0.4) is 0 Å². The molecule has 0 fully saturated rings. The number of H-pyrrole nitrogens is 1. The summed E-state index contributed by atoms with van der Waals surface area (Å²) in [4.78, 5) is 13.0. The third-order valence-electron chi connectivity index (χ3n) is 3.05. The van der Waals surface area contributed by atoms with Crippen LogP contribution in [-0.2, 0) is 0 Å². The van der Waals surface area contributed by atoms with Gasteiger partial charge in [0, 0.05) is 17.0 Å². The first-order chi connectivity index (χ1) is 10.6. The van der Waals surface area contributed by atoms with Gasteiger partial charge in [0.15, 0.2) is 5.82 Å². The molecule has 7 nitrogen and oxygen atoms in total. The van der Waals surface area contributed by atoms with Crippen molar-refractivity contribution in [1.29, 1.82) is 0 Å². The van der Waals surface area contributed by atoms with Crippen LogP contribution in [0, 0.1) is 13.8 Å². The summed E-state index contributed by atoms with van der Waals surface area (Å²) in [6, 6.07) is 9.48. The van der Waals surface area contributed by atoms with Crippen LogP contribution in [0.1, 0.15) is 11.4 Å². The number of aromatic nitrogens is 5. The average molecular weight is 296 g/mol. The minimum absolute atomic E-state index is 0.427. The molecule has 0 aliphatic carbocycles. The number of methoxy groups -OCH3 is 1. The fourth-order valence-corrected chi connectivity index (χ4v) is 2.08. The monoisotopic (exact) mass is 296 g/mol. The first kappa shape index (κ1) is 14.0. The van der Waals surface area contributed by atoms with E-state index in [0.29, 0.717) is 17.7 Å². The van der Waals surface area contributed by atoms with Crippen LogP contribution in [-0.4, -0.2) is 32.3 Å². The van der Waals surface area contributed by atoms with E-state index in [2.05, 4.69) is 30.5 Å². The van der Waals surface area contributed by atoms with Gasteiger partial charge in [-0.2, -0.15) is 4.98 Å². The number of nitrogens with zero attached hydrogens (tertiary/aromatic N) is 4. The Bertz CT molecular complexity index is 761. The van der Waals surface area contributed by atoms with Gasteiger partial charge in [-0.25, -0.2) is 9.97 Å². The summed E-state index contributed by atoms with van der Waals surface area (Å²) in [6.07, 6.45) is 0. The normalized spacial score (nSPS) is 10.5. The van der Waals surface area contributed by atoms with E-state index in [-0.39, 0.29) is 0 Å². The maximum atomic E-state index is 5.14. The van der Waals surface area contributed by atoms with E-state index >= 15 is 0 Å². The Morgan fingerprint density at radius 1 is 0.955 bits per heavy atom. The number of aromatic amines is 1. The molecule has 0 unspecified atom stereocenters. The van der Waals surface area contributed by atoms with Gasteiger partial charge in [0.2, 0.25) is 11.9 Å². The largest absolute Gasteiger partial charge is 0.497 e. The number of anilines is 2. The lowest BCUT2D eigenvalue weighted by Crippen LogP contribution is -2.01. The third-order valence-corrected chi connectivity index (χ3v) is 3.05. The highest BCUT2D eigenvalue weighted by atomic mass is 16.5. The van der Waals surface area contributed by atoms with E-state index in [1.807, 2.05) is 44.2 Å². The third kappa shape index (κ3) is 3.03. The van der Waals surface area contributed by atoms with Crippen molar-refractivity contribution in [3.05, 3.63) is 41.7 Å². The molecule has 0 saturated carbocycles. The molecule has 22 heavy (non-hydrogen) atoms. The van der Waals surface area contributed by atoms with Crippen molar-refractivity contribution in [2.24, 2.45) is 0 Å². The van der Waals surface area contributed by atoms with Gasteiger partial charge in [0.05, 0.1) is 7.11 Å². The molecule has 7 heteroatoms. The molecule has 0 aliphatic heterocycles. The second-order valence-electron chi connectivity index (χ2n) is 4.84. The molecule has 0 spiro atoms. The molecule has 2 heterocycles. The first-order valence-corrected chi connectivity index (χ1v) is 6.80. The van der Waals surface area contributed by atoms with Crippen molar-refractivity contribution in [1.82, 2.24) is 25.1 Å². The highest BCUT2D eigenvalue weighted by Crippen LogP contribution is 2.20. The van der Waals surface area contributed by atoms with Crippen molar-refractivity contribution < 1.29 is 4.74 Å². The summed E-state index contributed by atoms with van der Waals surface area (Å²) in [6.45, 7) is 3.83. The number of rotatable bonds is 4. The van der Waals surface area contributed by atoms with Gasteiger partial charge in [-0.15, -0.1) is 5.10 Å². The molecule has 0 radical (unpaired) electrons. The lowest BCUT2D eigenvalue weighted by atomic mass is 10.2. The minimum Gasteiger partial charge on any atom is -0.497 e. The molecule has 3 rings (SSSR count). The molecule has 1 aromatic carbocycles. The maximum Gasteiger partial charge on any atom is 0.249 e. The standard InChI is InChI=1S/C15H16N6O/c1-9-8-10(2)17-14(16-9)19-15-18-13(20-21-15)11-4-6-12(22-3)7-5-11/h4-8H,1-3H3,(H2,16,17,18,19,20,21). The van der Waals surface area contributed by atoms with E-state index in [0.717, 1.165) is 22.7 Å². The Labute approximate surface area is 127 Å². The molecule has 0 bridgehead atoms. The number of hydrogen-bond donors (Lipinski definition) is 2. The molecule has 2 N–H and O–H groups in total. The van der Waals surface area contributed by atoms with Crippen molar-refractivity contribution in [3.63, 3.8) is 0 Å². The van der Waals surface area contributed by atoms with Gasteiger partial charge in [0.1, 0.15) is 5.75 Å². The summed E-state index contributed by atoms with van der Waals surface area (Å²) in [5, 5.41) is 10.0. The SMILES string of the molecule is COc1ccc(-c2nc(Nc3nc(C)cc(C)n3)n[nH]2)cc1. The molecule has 0 aliphatic rings. The van der Waals surface area contributed by atoms with Gasteiger partial charge in [-0.3, -0.25) is 10.4 Å². The van der Waals surface area contributed by atoms with Crippen LogP contribution in [0.5, 0.6) is 5.75 Å². The van der Waals surface area contributed by atoms with Gasteiger partial charge in [-0.05, 0) is 44.2 Å². The Morgan fingerprint density at radius 2 is 1.64 bits per heavy atom. The lowest BCUT2D eigenvalue weighted by molar-refractivity contribution is 0.415. The van der Waals surface area contributed by atoms with E-state index in [4.69, 9.17) is 4.74 Å². The average Bonchev–Trinajstić information content (AvgIpc) is 2.95. The van der Waals surface area contributed by atoms with Crippen LogP contribution < -0.4 is 10.1 Å². The maximum absolute atomic E-state index is 5.14. The fourth-order valence-electron chi connectivity index (χ4n) is 2.08. The van der Waals surface area contributed by atoms with Crippen LogP contribution in [0.25, 0.3) is 11.4 Å². The van der Waals surface area contributed by atoms with E-state index in [1.165, 1.54) is 0 Å². The number of ether oxygens (including phenoxy) is 1. The van der Waals surface area contributed by atoms with Crippen LogP contribution >= 0.6 is 0 Å². The van der Waals surface area contributed by atoms with Crippen LogP contribution in [0.2, 0.25) is 0 Å². The van der Waals surface area contributed by atoms with Crippen molar-refractivity contribution >= 4 is 11.9 Å². The molecule has 0 amide bonds. The van der Waals surface area contributed by atoms with E-state index < -0.39 is 0 Å². The lowest BCUT2D eigenvalue weighted by Gasteiger charge is -2.02. The van der Waals surface area contributed by atoms with Gasteiger partial charge in [-0.1, -0.05) is 0 Å². The van der Waals surface area contributed by atoms with Crippen LogP contribution in [0.15, 0.2) is 30.3 Å². The summed E-state index contributed by atoms with van der Waals surface area (Å²) < 4.78 is 5.14. The van der Waals surface area contributed by atoms with Crippen molar-refractivity contribution in [2.75, 3.05) is 12.4 Å². The zero-order valence-electron chi connectivity index (χ0n) is 12.6. The summed E-state index contributed by atoms with van der Waals surface area (Å²) in [7, 11) is 1.63. The van der Waals surface area contributed by atoms with Crippen molar-refractivity contribution in [2.45, 2.75) is 13.8 Å². The first-order valence-electron chi connectivity index (χ1n) is 6.80. The zero-order chi connectivity index (χ0) is 15.5. The number of benzene rings is 1. The predicted molar refractivity (Wildman–Crippen MR) is 83.2 cm³/mol. The Balaban J connectivity index is 1.80. The van der Waals surface area contributed by atoms with Crippen molar-refractivity contribution in [3.8, 4) is 17.1 Å². The molecule has 3 aromatic rings. The number of aryl methyl sites for hydroxylation is 2. The topological polar surface area (TPSA) is 88.6 Å².